The van der Waals surface area contributed by atoms with Gasteiger partial charge in [0.25, 0.3) is 5.91 Å². The number of hydrogen-bond acceptors (Lipinski definition) is 8. The molecule has 4 heterocycles. The molecule has 1 aliphatic rings. The zero-order valence-corrected chi connectivity index (χ0v) is 16.4. The Kier molecular flexibility index (Phi) is 5.57. The molecule has 3 aromatic heterocycles. The molecule has 9 nitrogen and oxygen atoms in total. The fraction of sp³-hybridized carbons (Fsp3) is 0.400. The van der Waals surface area contributed by atoms with Crippen LogP contribution in [0.3, 0.4) is 0 Å². The molecule has 0 radical (unpaired) electrons. The molecule has 1 atom stereocenters. The summed E-state index contributed by atoms with van der Waals surface area (Å²) in [7, 11) is 0. The van der Waals surface area contributed by atoms with Crippen LogP contribution in [0.2, 0.25) is 0 Å². The van der Waals surface area contributed by atoms with E-state index in [9.17, 15) is 4.79 Å². The van der Waals surface area contributed by atoms with Crippen LogP contribution in [0, 0.1) is 13.8 Å². The Morgan fingerprint density at radius 1 is 1.31 bits per heavy atom. The average molecular weight is 394 g/mol. The highest BCUT2D eigenvalue weighted by molar-refractivity contribution is 5.92. The first-order valence-electron chi connectivity index (χ1n) is 9.54. The predicted molar refractivity (Wildman–Crippen MR) is 103 cm³/mol. The summed E-state index contributed by atoms with van der Waals surface area (Å²) in [6, 6.07) is 5.35. The lowest BCUT2D eigenvalue weighted by Gasteiger charge is -2.32. The number of ether oxygens (including phenoxy) is 1. The minimum Gasteiger partial charge on any atom is -0.375 e. The van der Waals surface area contributed by atoms with Gasteiger partial charge < -0.3 is 14.2 Å². The van der Waals surface area contributed by atoms with E-state index in [0.29, 0.717) is 25.4 Å². The zero-order chi connectivity index (χ0) is 20.2. The number of aromatic nitrogens is 5. The second kappa shape index (κ2) is 8.44. The van der Waals surface area contributed by atoms with Crippen molar-refractivity contribution in [1.82, 2.24) is 30.2 Å². The lowest BCUT2D eigenvalue weighted by molar-refractivity contribution is -0.0249. The summed E-state index contributed by atoms with van der Waals surface area (Å²) < 4.78 is 11.1. The van der Waals surface area contributed by atoms with Crippen molar-refractivity contribution >= 4 is 5.91 Å². The van der Waals surface area contributed by atoms with Crippen LogP contribution >= 0.6 is 0 Å². The van der Waals surface area contributed by atoms with Crippen molar-refractivity contribution in [2.45, 2.75) is 32.8 Å². The molecule has 4 rings (SSSR count). The third-order valence-corrected chi connectivity index (χ3v) is 4.95. The van der Waals surface area contributed by atoms with Crippen molar-refractivity contribution in [2.24, 2.45) is 0 Å². The fourth-order valence-corrected chi connectivity index (χ4v) is 3.48. The van der Waals surface area contributed by atoms with Crippen LogP contribution in [0.15, 0.2) is 35.2 Å². The highest BCUT2D eigenvalue weighted by atomic mass is 16.5. The molecule has 1 aliphatic heterocycles. The van der Waals surface area contributed by atoms with E-state index in [-0.39, 0.29) is 12.0 Å². The third-order valence-electron chi connectivity index (χ3n) is 4.95. The van der Waals surface area contributed by atoms with E-state index >= 15 is 0 Å². The summed E-state index contributed by atoms with van der Waals surface area (Å²) >= 11 is 0. The normalized spacial score (nSPS) is 16.8. The Hall–Kier alpha value is -3.20. The topological polar surface area (TPSA) is 107 Å². The van der Waals surface area contributed by atoms with Crippen LogP contribution in [0.5, 0.6) is 0 Å². The van der Waals surface area contributed by atoms with E-state index in [4.69, 9.17) is 9.26 Å². The van der Waals surface area contributed by atoms with Crippen LogP contribution in [-0.4, -0.2) is 61.9 Å². The number of morpholine rings is 1. The van der Waals surface area contributed by atoms with E-state index in [2.05, 4.69) is 25.3 Å². The minimum absolute atomic E-state index is 0.0538. The summed E-state index contributed by atoms with van der Waals surface area (Å²) in [5, 5.41) is 11.7. The van der Waals surface area contributed by atoms with Gasteiger partial charge in [-0.05, 0) is 44.9 Å². The van der Waals surface area contributed by atoms with Crippen LogP contribution in [0.4, 0.5) is 0 Å². The maximum absolute atomic E-state index is 12.6. The lowest BCUT2D eigenvalue weighted by Crippen LogP contribution is -2.46. The molecule has 1 fully saturated rings. The van der Waals surface area contributed by atoms with Crippen LogP contribution in [-0.2, 0) is 11.2 Å². The highest BCUT2D eigenvalue weighted by Crippen LogP contribution is 2.25. The quantitative estimate of drug-likeness (QED) is 0.647. The lowest BCUT2D eigenvalue weighted by atomic mass is 10.1. The largest absolute Gasteiger partial charge is 0.375 e. The van der Waals surface area contributed by atoms with E-state index in [1.54, 1.807) is 29.6 Å². The van der Waals surface area contributed by atoms with Crippen molar-refractivity contribution in [2.75, 3.05) is 19.7 Å². The molecule has 29 heavy (non-hydrogen) atoms. The number of nitrogens with zero attached hydrogens (tertiary/aromatic N) is 6. The summed E-state index contributed by atoms with van der Waals surface area (Å²) in [6.07, 6.45) is 4.53. The van der Waals surface area contributed by atoms with Gasteiger partial charge in [0.1, 0.15) is 12.1 Å². The number of amides is 1. The van der Waals surface area contributed by atoms with Crippen LogP contribution in [0.1, 0.15) is 34.1 Å². The maximum atomic E-state index is 12.6. The van der Waals surface area contributed by atoms with Gasteiger partial charge in [-0.2, -0.15) is 5.10 Å². The second-order valence-corrected chi connectivity index (χ2v) is 6.99. The molecular formula is C20H22N6O3. The highest BCUT2D eigenvalue weighted by Gasteiger charge is 2.26. The van der Waals surface area contributed by atoms with Gasteiger partial charge >= 0.3 is 0 Å². The molecule has 0 spiro atoms. The Morgan fingerprint density at radius 2 is 2.21 bits per heavy atom. The molecule has 3 aromatic rings. The summed E-state index contributed by atoms with van der Waals surface area (Å²) in [5.74, 6) is 0.620. The van der Waals surface area contributed by atoms with Gasteiger partial charge in [0, 0.05) is 25.0 Å². The van der Waals surface area contributed by atoms with Crippen molar-refractivity contribution in [3.8, 4) is 11.3 Å². The number of carbonyl (C=O) groups excluding carboxylic acids is 1. The molecule has 150 valence electrons. The minimum atomic E-state index is -0.117. The van der Waals surface area contributed by atoms with E-state index in [1.165, 1.54) is 0 Å². The molecule has 1 amide bonds. The standard InChI is InChI=1S/C20H22N6O3/c1-13-19(14(2)29-25-13)18-10-15(21-12-22-18)5-6-16-11-26(8-9-28-16)20(27)17-4-3-7-23-24-17/h3-4,7,10,12,16H,5-6,8-9,11H2,1-2H3/t16-/m1/s1. The maximum Gasteiger partial charge on any atom is 0.274 e. The Morgan fingerprint density at radius 3 is 2.97 bits per heavy atom. The van der Waals surface area contributed by atoms with Crippen molar-refractivity contribution in [3.63, 3.8) is 0 Å². The summed E-state index contributed by atoms with van der Waals surface area (Å²) in [4.78, 5) is 23.1. The Balaban J connectivity index is 1.39. The first-order chi connectivity index (χ1) is 14.1. The van der Waals surface area contributed by atoms with E-state index in [1.807, 2.05) is 19.9 Å². The fourth-order valence-electron chi connectivity index (χ4n) is 3.48. The zero-order valence-electron chi connectivity index (χ0n) is 16.4. The van der Waals surface area contributed by atoms with Crippen molar-refractivity contribution in [1.29, 1.82) is 0 Å². The van der Waals surface area contributed by atoms with Gasteiger partial charge in [-0.3, -0.25) is 4.79 Å². The van der Waals surface area contributed by atoms with Gasteiger partial charge in [0.2, 0.25) is 0 Å². The van der Waals surface area contributed by atoms with E-state index < -0.39 is 0 Å². The number of hydrogen-bond donors (Lipinski definition) is 0. The smallest absolute Gasteiger partial charge is 0.274 e. The second-order valence-electron chi connectivity index (χ2n) is 6.99. The molecule has 0 aliphatic carbocycles. The Bertz CT molecular complexity index is 971. The van der Waals surface area contributed by atoms with Gasteiger partial charge in [0.05, 0.1) is 29.7 Å². The molecule has 0 N–H and O–H groups in total. The molecule has 0 unspecified atom stereocenters. The first-order valence-corrected chi connectivity index (χ1v) is 9.54. The predicted octanol–water partition coefficient (Wildman–Crippen LogP) is 2.01. The van der Waals surface area contributed by atoms with Gasteiger partial charge in [-0.15, -0.1) is 5.10 Å². The van der Waals surface area contributed by atoms with Crippen molar-refractivity contribution < 1.29 is 14.1 Å². The molecule has 0 saturated carbocycles. The number of carbonyl (C=O) groups is 1. The van der Waals surface area contributed by atoms with Gasteiger partial charge in [-0.1, -0.05) is 5.16 Å². The van der Waals surface area contributed by atoms with Crippen molar-refractivity contribution in [3.05, 3.63) is 53.6 Å². The first kappa shape index (κ1) is 19.1. The molecule has 9 heteroatoms. The summed E-state index contributed by atoms with van der Waals surface area (Å²) in [6.45, 7) is 5.35. The SMILES string of the molecule is Cc1noc(C)c1-c1cc(CC[C@@H]2CN(C(=O)c3cccnn3)CCO2)ncn1. The molecular weight excluding hydrogens is 372 g/mol. The number of rotatable bonds is 5. The third kappa shape index (κ3) is 4.29. The summed E-state index contributed by atoms with van der Waals surface area (Å²) in [5.41, 5.74) is 3.78. The van der Waals surface area contributed by atoms with Crippen LogP contribution in [0.25, 0.3) is 11.3 Å². The van der Waals surface area contributed by atoms with Gasteiger partial charge in [0.15, 0.2) is 5.69 Å². The average Bonchev–Trinajstić information content (AvgIpc) is 3.11. The van der Waals surface area contributed by atoms with Crippen LogP contribution < -0.4 is 0 Å². The van der Waals surface area contributed by atoms with Gasteiger partial charge in [-0.25, -0.2) is 9.97 Å². The molecule has 0 bridgehead atoms. The molecule has 1 saturated heterocycles. The monoisotopic (exact) mass is 394 g/mol. The Labute approximate surface area is 168 Å². The number of aryl methyl sites for hydroxylation is 3. The van der Waals surface area contributed by atoms with E-state index in [0.717, 1.165) is 41.2 Å². The molecule has 0 aromatic carbocycles.